The molecule has 0 bridgehead atoms. The minimum atomic E-state index is 0.683. The van der Waals surface area contributed by atoms with Gasteiger partial charge in [0, 0.05) is 16.3 Å². The number of nitrogens with two attached hydrogens (primary N) is 1. The summed E-state index contributed by atoms with van der Waals surface area (Å²) < 4.78 is 0. The van der Waals surface area contributed by atoms with Gasteiger partial charge in [-0.1, -0.05) is 13.3 Å². The van der Waals surface area contributed by atoms with E-state index in [0.717, 1.165) is 19.6 Å². The third-order valence-corrected chi connectivity index (χ3v) is 3.74. The van der Waals surface area contributed by atoms with Gasteiger partial charge in [0.2, 0.25) is 0 Å². The molecular formula is C12H22N2S. The number of hydrogen-bond donors (Lipinski definition) is 2. The van der Waals surface area contributed by atoms with Crippen molar-refractivity contribution < 1.29 is 0 Å². The standard InChI is InChI=1S/C12H22N2S/c1-3-11(8-13)6-7-14-9-12-5-4-10(2)15-12/h4-5,11,14H,3,6-9,13H2,1-2H3. The second-order valence-corrected chi connectivity index (χ2v) is 5.36. The Labute approximate surface area is 96.9 Å². The van der Waals surface area contributed by atoms with E-state index in [1.807, 2.05) is 11.3 Å². The molecule has 0 amide bonds. The highest BCUT2D eigenvalue weighted by atomic mass is 32.1. The van der Waals surface area contributed by atoms with Crippen LogP contribution in [0.1, 0.15) is 29.5 Å². The lowest BCUT2D eigenvalue weighted by Crippen LogP contribution is -2.21. The quantitative estimate of drug-likeness (QED) is 0.701. The molecule has 0 saturated heterocycles. The summed E-state index contributed by atoms with van der Waals surface area (Å²) in [5.41, 5.74) is 5.65. The first kappa shape index (κ1) is 12.7. The Kier molecular flexibility index (Phi) is 5.91. The Morgan fingerprint density at radius 1 is 1.47 bits per heavy atom. The Balaban J connectivity index is 2.11. The summed E-state index contributed by atoms with van der Waals surface area (Å²) in [5.74, 6) is 0.683. The van der Waals surface area contributed by atoms with Gasteiger partial charge in [-0.15, -0.1) is 11.3 Å². The van der Waals surface area contributed by atoms with Crippen LogP contribution in [0.3, 0.4) is 0 Å². The average Bonchev–Trinajstić information content (AvgIpc) is 2.65. The van der Waals surface area contributed by atoms with Gasteiger partial charge in [-0.3, -0.25) is 0 Å². The summed E-state index contributed by atoms with van der Waals surface area (Å²) in [6.07, 6.45) is 2.38. The van der Waals surface area contributed by atoms with Crippen molar-refractivity contribution in [2.45, 2.75) is 33.2 Å². The van der Waals surface area contributed by atoms with Crippen LogP contribution in [0.25, 0.3) is 0 Å². The molecule has 0 aromatic carbocycles. The van der Waals surface area contributed by atoms with Gasteiger partial charge in [0.05, 0.1) is 0 Å². The molecule has 0 fully saturated rings. The summed E-state index contributed by atoms with van der Waals surface area (Å²) in [6, 6.07) is 4.38. The van der Waals surface area contributed by atoms with Gasteiger partial charge in [0.1, 0.15) is 0 Å². The number of hydrogen-bond acceptors (Lipinski definition) is 3. The molecule has 1 rings (SSSR count). The minimum absolute atomic E-state index is 0.683. The molecule has 1 atom stereocenters. The topological polar surface area (TPSA) is 38.0 Å². The van der Waals surface area contributed by atoms with Crippen molar-refractivity contribution in [1.82, 2.24) is 5.32 Å². The van der Waals surface area contributed by atoms with E-state index in [0.29, 0.717) is 5.92 Å². The molecule has 1 aromatic heterocycles. The van der Waals surface area contributed by atoms with Crippen LogP contribution >= 0.6 is 11.3 Å². The molecule has 0 saturated carbocycles. The summed E-state index contributed by atoms with van der Waals surface area (Å²) in [6.45, 7) is 7.25. The summed E-state index contributed by atoms with van der Waals surface area (Å²) in [7, 11) is 0. The number of aryl methyl sites for hydroxylation is 1. The monoisotopic (exact) mass is 226 g/mol. The molecule has 86 valence electrons. The fourth-order valence-corrected chi connectivity index (χ4v) is 2.45. The van der Waals surface area contributed by atoms with Crippen LogP contribution in [0.4, 0.5) is 0 Å². The second-order valence-electron chi connectivity index (χ2n) is 3.99. The largest absolute Gasteiger partial charge is 0.330 e. The van der Waals surface area contributed by atoms with Gasteiger partial charge in [0.15, 0.2) is 0 Å². The number of thiophene rings is 1. The van der Waals surface area contributed by atoms with E-state index in [1.165, 1.54) is 22.6 Å². The van der Waals surface area contributed by atoms with Crippen molar-refractivity contribution in [2.24, 2.45) is 11.7 Å². The Morgan fingerprint density at radius 2 is 2.27 bits per heavy atom. The number of nitrogens with one attached hydrogen (secondary N) is 1. The van der Waals surface area contributed by atoms with Crippen molar-refractivity contribution >= 4 is 11.3 Å². The van der Waals surface area contributed by atoms with Crippen molar-refractivity contribution in [3.63, 3.8) is 0 Å². The highest BCUT2D eigenvalue weighted by Gasteiger charge is 2.02. The van der Waals surface area contributed by atoms with Gasteiger partial charge in [-0.2, -0.15) is 0 Å². The predicted molar refractivity (Wildman–Crippen MR) is 68.2 cm³/mol. The van der Waals surface area contributed by atoms with Crippen molar-refractivity contribution in [2.75, 3.05) is 13.1 Å². The minimum Gasteiger partial charge on any atom is -0.330 e. The SMILES string of the molecule is CCC(CN)CCNCc1ccc(C)s1. The molecule has 1 unspecified atom stereocenters. The molecule has 1 heterocycles. The zero-order chi connectivity index (χ0) is 11.1. The first-order valence-corrected chi connectivity index (χ1v) is 6.54. The van der Waals surface area contributed by atoms with Crippen LogP contribution in [0.2, 0.25) is 0 Å². The highest BCUT2D eigenvalue weighted by molar-refractivity contribution is 7.11. The predicted octanol–water partition coefficient (Wildman–Crippen LogP) is 2.52. The Hall–Kier alpha value is -0.380. The Morgan fingerprint density at radius 3 is 2.80 bits per heavy atom. The fourth-order valence-electron chi connectivity index (χ4n) is 1.59. The molecule has 0 aliphatic heterocycles. The van der Waals surface area contributed by atoms with Crippen molar-refractivity contribution in [3.8, 4) is 0 Å². The van der Waals surface area contributed by atoms with Crippen molar-refractivity contribution in [3.05, 3.63) is 21.9 Å². The summed E-state index contributed by atoms with van der Waals surface area (Å²) in [4.78, 5) is 2.81. The summed E-state index contributed by atoms with van der Waals surface area (Å²) in [5, 5.41) is 3.47. The molecule has 3 N–H and O–H groups in total. The van der Waals surface area contributed by atoms with Gasteiger partial charge in [-0.05, 0) is 44.5 Å². The maximum absolute atomic E-state index is 5.65. The van der Waals surface area contributed by atoms with E-state index in [9.17, 15) is 0 Å². The summed E-state index contributed by atoms with van der Waals surface area (Å²) >= 11 is 1.87. The van der Waals surface area contributed by atoms with Crippen LogP contribution in [0, 0.1) is 12.8 Å². The maximum atomic E-state index is 5.65. The first-order chi connectivity index (χ1) is 7.26. The second kappa shape index (κ2) is 6.99. The van der Waals surface area contributed by atoms with Crippen LogP contribution in [0.15, 0.2) is 12.1 Å². The third-order valence-electron chi connectivity index (χ3n) is 2.74. The molecular weight excluding hydrogens is 204 g/mol. The average molecular weight is 226 g/mol. The van der Waals surface area contributed by atoms with E-state index >= 15 is 0 Å². The van der Waals surface area contributed by atoms with Crippen LogP contribution < -0.4 is 11.1 Å². The van der Waals surface area contributed by atoms with Crippen LogP contribution in [-0.2, 0) is 6.54 Å². The zero-order valence-electron chi connectivity index (χ0n) is 9.75. The molecule has 1 aromatic rings. The van der Waals surface area contributed by atoms with Crippen LogP contribution in [0.5, 0.6) is 0 Å². The molecule has 3 heteroatoms. The van der Waals surface area contributed by atoms with E-state index in [4.69, 9.17) is 5.73 Å². The van der Waals surface area contributed by atoms with Crippen LogP contribution in [-0.4, -0.2) is 13.1 Å². The van der Waals surface area contributed by atoms with E-state index in [1.54, 1.807) is 0 Å². The molecule has 0 aliphatic carbocycles. The third kappa shape index (κ3) is 4.78. The van der Waals surface area contributed by atoms with E-state index in [2.05, 4.69) is 31.3 Å². The van der Waals surface area contributed by atoms with Gasteiger partial charge < -0.3 is 11.1 Å². The lowest BCUT2D eigenvalue weighted by Gasteiger charge is -2.11. The van der Waals surface area contributed by atoms with Gasteiger partial charge >= 0.3 is 0 Å². The molecule has 0 radical (unpaired) electrons. The normalized spacial score (nSPS) is 13.0. The molecule has 2 nitrogen and oxygen atoms in total. The molecule has 0 spiro atoms. The van der Waals surface area contributed by atoms with E-state index in [-0.39, 0.29) is 0 Å². The Bertz CT molecular complexity index is 266. The fraction of sp³-hybridized carbons (Fsp3) is 0.667. The van der Waals surface area contributed by atoms with Gasteiger partial charge in [-0.25, -0.2) is 0 Å². The van der Waals surface area contributed by atoms with Gasteiger partial charge in [0.25, 0.3) is 0 Å². The van der Waals surface area contributed by atoms with E-state index < -0.39 is 0 Å². The highest BCUT2D eigenvalue weighted by Crippen LogP contribution is 2.14. The molecule has 0 aliphatic rings. The van der Waals surface area contributed by atoms with Crippen molar-refractivity contribution in [1.29, 1.82) is 0 Å². The zero-order valence-corrected chi connectivity index (χ0v) is 10.6. The lowest BCUT2D eigenvalue weighted by molar-refractivity contribution is 0.461. The lowest BCUT2D eigenvalue weighted by atomic mass is 10.0. The maximum Gasteiger partial charge on any atom is 0.0299 e. The smallest absolute Gasteiger partial charge is 0.0299 e. The number of rotatable bonds is 7. The first-order valence-electron chi connectivity index (χ1n) is 5.72. The molecule has 15 heavy (non-hydrogen) atoms.